The fourth-order valence-corrected chi connectivity index (χ4v) is 1.40. The van der Waals surface area contributed by atoms with Crippen LogP contribution in [0.2, 0.25) is 0 Å². The summed E-state index contributed by atoms with van der Waals surface area (Å²) >= 11 is 0. The first-order valence-corrected chi connectivity index (χ1v) is 5.25. The highest BCUT2D eigenvalue weighted by atomic mass is 16.4. The van der Waals surface area contributed by atoms with E-state index >= 15 is 0 Å². The lowest BCUT2D eigenvalue weighted by molar-refractivity contribution is -0.147. The molecule has 1 rings (SSSR count). The molecule has 4 N–H and O–H groups in total. The summed E-state index contributed by atoms with van der Waals surface area (Å²) in [6.07, 6.45) is -1.80. The predicted octanol–water partition coefficient (Wildman–Crippen LogP) is -1.50. The Morgan fingerprint density at radius 1 is 1.28 bits per heavy atom. The molecule has 0 aliphatic carbocycles. The van der Waals surface area contributed by atoms with Crippen LogP contribution in [0.4, 0.5) is 0 Å². The van der Waals surface area contributed by atoms with Gasteiger partial charge in [-0.3, -0.25) is 4.79 Å². The quantitative estimate of drug-likeness (QED) is 0.476. The third-order valence-electron chi connectivity index (χ3n) is 2.33. The van der Waals surface area contributed by atoms with Gasteiger partial charge in [0.1, 0.15) is 12.1 Å². The Labute approximate surface area is 103 Å². The molecule has 8 nitrogen and oxygen atoms in total. The average molecular weight is 263 g/mol. The number of carboxylic acid groups (broad SMARTS) is 2. The number of rotatable bonds is 2. The van der Waals surface area contributed by atoms with Gasteiger partial charge in [0, 0.05) is 19.9 Å². The molecular weight excluding hydrogens is 246 g/mol. The molecule has 0 saturated carbocycles. The standard InChI is InChI=1S/C7H11NO4.C3H6O3/c1-4(9)8-3-5(10)2-6(8)7(11)12;1-2(4)3(5)6/h5-6,10H,2-3H2,1H3,(H,11,12);2,4H,1H3,(H,5,6)/t5-,6+;/m1./s1. The van der Waals surface area contributed by atoms with Crippen molar-refractivity contribution in [2.45, 2.75) is 38.5 Å². The zero-order valence-corrected chi connectivity index (χ0v) is 10.1. The van der Waals surface area contributed by atoms with Crippen molar-refractivity contribution in [3.05, 3.63) is 0 Å². The second-order valence-electron chi connectivity index (χ2n) is 3.93. The van der Waals surface area contributed by atoms with Gasteiger partial charge in [0.25, 0.3) is 0 Å². The van der Waals surface area contributed by atoms with Gasteiger partial charge in [0.15, 0.2) is 0 Å². The minimum atomic E-state index is -1.23. The van der Waals surface area contributed by atoms with Crippen molar-refractivity contribution >= 4 is 17.8 Å². The van der Waals surface area contributed by atoms with Gasteiger partial charge in [-0.2, -0.15) is 0 Å². The van der Waals surface area contributed by atoms with Crippen LogP contribution in [0.5, 0.6) is 0 Å². The summed E-state index contributed by atoms with van der Waals surface area (Å²) in [5, 5.41) is 33.5. The summed E-state index contributed by atoms with van der Waals surface area (Å²) in [5.41, 5.74) is 0. The smallest absolute Gasteiger partial charge is 0.332 e. The first-order chi connectivity index (χ1) is 8.16. The molecule has 0 spiro atoms. The summed E-state index contributed by atoms with van der Waals surface area (Å²) in [5.74, 6) is -2.55. The van der Waals surface area contributed by atoms with E-state index in [1.54, 1.807) is 0 Å². The van der Waals surface area contributed by atoms with Crippen molar-refractivity contribution in [1.29, 1.82) is 0 Å². The highest BCUT2D eigenvalue weighted by Gasteiger charge is 2.37. The molecular formula is C10H17NO7. The zero-order valence-electron chi connectivity index (χ0n) is 10.1. The molecule has 0 radical (unpaired) electrons. The highest BCUT2D eigenvalue weighted by molar-refractivity contribution is 5.83. The average Bonchev–Trinajstić information content (AvgIpc) is 2.61. The van der Waals surface area contributed by atoms with Gasteiger partial charge in [0.05, 0.1) is 6.10 Å². The van der Waals surface area contributed by atoms with Crippen LogP contribution in [0.25, 0.3) is 0 Å². The van der Waals surface area contributed by atoms with Gasteiger partial charge in [-0.05, 0) is 6.92 Å². The maximum atomic E-state index is 10.9. The van der Waals surface area contributed by atoms with Crippen LogP contribution < -0.4 is 0 Å². The van der Waals surface area contributed by atoms with E-state index in [1.807, 2.05) is 0 Å². The van der Waals surface area contributed by atoms with Crippen molar-refractivity contribution in [2.24, 2.45) is 0 Å². The van der Waals surface area contributed by atoms with Crippen LogP contribution in [0.1, 0.15) is 20.3 Å². The molecule has 8 heteroatoms. The number of amides is 1. The minimum Gasteiger partial charge on any atom is -0.480 e. The van der Waals surface area contributed by atoms with Crippen LogP contribution in [-0.2, 0) is 14.4 Å². The van der Waals surface area contributed by atoms with Gasteiger partial charge >= 0.3 is 11.9 Å². The molecule has 1 aliphatic rings. The van der Waals surface area contributed by atoms with Crippen LogP contribution in [-0.4, -0.2) is 68.0 Å². The maximum absolute atomic E-state index is 10.9. The van der Waals surface area contributed by atoms with Gasteiger partial charge in [-0.15, -0.1) is 0 Å². The fourth-order valence-electron chi connectivity index (χ4n) is 1.40. The second kappa shape index (κ2) is 6.92. The number of aliphatic carboxylic acids is 2. The second-order valence-corrected chi connectivity index (χ2v) is 3.93. The first kappa shape index (κ1) is 16.3. The molecule has 0 aromatic heterocycles. The van der Waals surface area contributed by atoms with E-state index in [-0.39, 0.29) is 18.9 Å². The number of hydrogen-bond acceptors (Lipinski definition) is 5. The van der Waals surface area contributed by atoms with Crippen molar-refractivity contribution in [3.63, 3.8) is 0 Å². The van der Waals surface area contributed by atoms with Crippen LogP contribution in [0, 0.1) is 0 Å². The van der Waals surface area contributed by atoms with E-state index in [0.717, 1.165) is 0 Å². The van der Waals surface area contributed by atoms with E-state index in [0.29, 0.717) is 0 Å². The number of carboxylic acids is 2. The summed E-state index contributed by atoms with van der Waals surface area (Å²) in [6, 6.07) is -0.850. The molecule has 18 heavy (non-hydrogen) atoms. The number of likely N-dealkylation sites (tertiary alicyclic amines) is 1. The number of carbonyl (C=O) groups excluding carboxylic acids is 1. The molecule has 1 fully saturated rings. The Morgan fingerprint density at radius 2 is 1.72 bits per heavy atom. The summed E-state index contributed by atoms with van der Waals surface area (Å²) in [4.78, 5) is 32.0. The Balaban J connectivity index is 0.000000411. The lowest BCUT2D eigenvalue weighted by Gasteiger charge is -2.18. The predicted molar refractivity (Wildman–Crippen MR) is 58.8 cm³/mol. The monoisotopic (exact) mass is 263 g/mol. The Bertz CT molecular complexity index is 306. The normalized spacial score (nSPS) is 23.9. The number of carbonyl (C=O) groups is 3. The molecule has 1 aliphatic heterocycles. The number of aliphatic hydroxyl groups is 2. The van der Waals surface area contributed by atoms with Gasteiger partial charge in [-0.25, -0.2) is 9.59 Å². The maximum Gasteiger partial charge on any atom is 0.332 e. The number of β-amino-alcohol motifs (C(OH)–C–C–N with tert-alkyl or cyclic N) is 1. The van der Waals surface area contributed by atoms with E-state index in [9.17, 15) is 14.4 Å². The topological polar surface area (TPSA) is 135 Å². The largest absolute Gasteiger partial charge is 0.480 e. The van der Waals surface area contributed by atoms with Crippen molar-refractivity contribution in [3.8, 4) is 0 Å². The van der Waals surface area contributed by atoms with Crippen LogP contribution in [0.3, 0.4) is 0 Å². The molecule has 0 aromatic rings. The van der Waals surface area contributed by atoms with Gasteiger partial charge in [-0.1, -0.05) is 0 Å². The molecule has 1 saturated heterocycles. The number of nitrogens with zero attached hydrogens (tertiary/aromatic N) is 1. The third kappa shape index (κ3) is 5.11. The first-order valence-electron chi connectivity index (χ1n) is 5.25. The number of aliphatic hydroxyl groups excluding tert-OH is 2. The third-order valence-corrected chi connectivity index (χ3v) is 2.33. The summed E-state index contributed by atoms with van der Waals surface area (Å²) in [6.45, 7) is 2.63. The van der Waals surface area contributed by atoms with E-state index in [4.69, 9.17) is 20.4 Å². The van der Waals surface area contributed by atoms with Crippen LogP contribution in [0.15, 0.2) is 0 Å². The molecule has 1 amide bonds. The SMILES string of the molecule is CC(=O)N1C[C@H](O)C[C@H]1C(=O)O.CC(O)C(=O)O. The minimum absolute atomic E-state index is 0.131. The van der Waals surface area contributed by atoms with E-state index in [2.05, 4.69) is 0 Å². The number of hydrogen-bond donors (Lipinski definition) is 4. The highest BCUT2D eigenvalue weighted by Crippen LogP contribution is 2.17. The summed E-state index contributed by atoms with van der Waals surface area (Å²) in [7, 11) is 0. The molecule has 1 heterocycles. The fraction of sp³-hybridized carbons (Fsp3) is 0.700. The van der Waals surface area contributed by atoms with Gasteiger partial charge < -0.3 is 25.3 Å². The Hall–Kier alpha value is -1.67. The van der Waals surface area contributed by atoms with Gasteiger partial charge in [0.2, 0.25) is 5.91 Å². The lowest BCUT2D eigenvalue weighted by Crippen LogP contribution is -2.39. The Kier molecular flexibility index (Phi) is 6.28. The van der Waals surface area contributed by atoms with Crippen molar-refractivity contribution in [1.82, 2.24) is 4.90 Å². The Morgan fingerprint density at radius 3 is 1.94 bits per heavy atom. The summed E-state index contributed by atoms with van der Waals surface area (Å²) < 4.78 is 0. The van der Waals surface area contributed by atoms with Crippen molar-refractivity contribution in [2.75, 3.05) is 6.54 Å². The molecule has 1 unspecified atom stereocenters. The molecule has 0 aromatic carbocycles. The van der Waals surface area contributed by atoms with Crippen molar-refractivity contribution < 1.29 is 34.8 Å². The molecule has 0 bridgehead atoms. The van der Waals surface area contributed by atoms with Crippen LogP contribution >= 0.6 is 0 Å². The molecule has 104 valence electrons. The van der Waals surface area contributed by atoms with E-state index < -0.39 is 30.2 Å². The zero-order chi connectivity index (χ0) is 14.5. The van der Waals surface area contributed by atoms with E-state index in [1.165, 1.54) is 18.7 Å². The lowest BCUT2D eigenvalue weighted by atomic mass is 10.2. The molecule has 3 atom stereocenters.